The molecule has 5 heteroatoms. The summed E-state index contributed by atoms with van der Waals surface area (Å²) in [4.78, 5) is 19.3. The number of thiazole rings is 1. The lowest BCUT2D eigenvalue weighted by Crippen LogP contribution is -2.47. The molecule has 1 fully saturated rings. The Bertz CT molecular complexity index is 696. The molecule has 1 N–H and O–H groups in total. The maximum absolute atomic E-state index is 12.5. The quantitative estimate of drug-likeness (QED) is 0.869. The molecule has 3 rings (SSSR count). The van der Waals surface area contributed by atoms with Crippen LogP contribution in [-0.4, -0.2) is 35.4 Å². The van der Waals surface area contributed by atoms with Crippen LogP contribution in [0.2, 0.25) is 0 Å². The molecule has 1 heterocycles. The number of amides is 1. The van der Waals surface area contributed by atoms with Crippen molar-refractivity contribution in [2.24, 2.45) is 11.8 Å². The molecule has 1 aliphatic rings. The molecule has 1 amide bonds. The summed E-state index contributed by atoms with van der Waals surface area (Å²) in [7, 11) is 2.00. The number of carbonyl (C=O) groups is 1. The molecule has 0 bridgehead atoms. The van der Waals surface area contributed by atoms with Crippen LogP contribution in [0.3, 0.4) is 0 Å². The van der Waals surface area contributed by atoms with Crippen LogP contribution in [0.1, 0.15) is 51.1 Å². The summed E-state index contributed by atoms with van der Waals surface area (Å²) in [5.41, 5.74) is 1.04. The van der Waals surface area contributed by atoms with Crippen LogP contribution in [0.4, 0.5) is 0 Å². The smallest absolute Gasteiger partial charge is 0.234 e. The molecule has 0 spiro atoms. The Hall–Kier alpha value is -1.46. The molecule has 4 nitrogen and oxygen atoms in total. The number of hydrogen-bond donors (Lipinski definition) is 1. The number of para-hydroxylation sites is 1. The van der Waals surface area contributed by atoms with E-state index in [1.165, 1.54) is 17.5 Å². The topological polar surface area (TPSA) is 45.2 Å². The van der Waals surface area contributed by atoms with Gasteiger partial charge in [0.05, 0.1) is 22.8 Å². The molecule has 0 radical (unpaired) electrons. The number of benzene rings is 1. The van der Waals surface area contributed by atoms with Crippen molar-refractivity contribution in [2.45, 2.75) is 52.1 Å². The Labute approximate surface area is 154 Å². The molecule has 25 heavy (non-hydrogen) atoms. The first-order valence-corrected chi connectivity index (χ1v) is 10.1. The zero-order valence-corrected chi connectivity index (χ0v) is 16.5. The van der Waals surface area contributed by atoms with E-state index in [2.05, 4.69) is 37.1 Å². The first-order chi connectivity index (χ1) is 12.0. The minimum Gasteiger partial charge on any atom is -0.352 e. The van der Waals surface area contributed by atoms with E-state index in [-0.39, 0.29) is 11.9 Å². The average Bonchev–Trinajstić information content (AvgIpc) is 3.02. The number of hydrogen-bond acceptors (Lipinski definition) is 4. The molecule has 0 unspecified atom stereocenters. The normalized spacial score (nSPS) is 25.2. The molecule has 4 atom stereocenters. The summed E-state index contributed by atoms with van der Waals surface area (Å²) in [6, 6.07) is 8.65. The van der Waals surface area contributed by atoms with Crippen molar-refractivity contribution in [3.63, 3.8) is 0 Å². The van der Waals surface area contributed by atoms with Gasteiger partial charge in [0.1, 0.15) is 5.01 Å². The molecule has 1 aliphatic carbocycles. The molecule has 0 aliphatic heterocycles. The van der Waals surface area contributed by atoms with Crippen LogP contribution in [0, 0.1) is 11.8 Å². The van der Waals surface area contributed by atoms with E-state index in [9.17, 15) is 4.79 Å². The van der Waals surface area contributed by atoms with E-state index in [0.717, 1.165) is 16.9 Å². The van der Waals surface area contributed by atoms with Gasteiger partial charge in [-0.2, -0.15) is 0 Å². The third-order valence-electron chi connectivity index (χ3n) is 5.78. The largest absolute Gasteiger partial charge is 0.352 e. The van der Waals surface area contributed by atoms with Gasteiger partial charge in [-0.15, -0.1) is 11.3 Å². The van der Waals surface area contributed by atoms with Gasteiger partial charge in [0.25, 0.3) is 0 Å². The van der Waals surface area contributed by atoms with Gasteiger partial charge in [-0.25, -0.2) is 4.98 Å². The summed E-state index contributed by atoms with van der Waals surface area (Å²) >= 11 is 1.71. The zero-order valence-electron chi connectivity index (χ0n) is 15.7. The summed E-state index contributed by atoms with van der Waals surface area (Å²) in [6.45, 7) is 7.09. The minimum atomic E-state index is 0.126. The molecule has 1 aromatic carbocycles. The fourth-order valence-corrected chi connectivity index (χ4v) is 4.74. The lowest BCUT2D eigenvalue weighted by molar-refractivity contribution is -0.123. The third-order valence-corrected chi connectivity index (χ3v) is 6.98. The van der Waals surface area contributed by atoms with E-state index < -0.39 is 0 Å². The Morgan fingerprint density at radius 2 is 2.12 bits per heavy atom. The lowest BCUT2D eigenvalue weighted by Gasteiger charge is -2.35. The number of nitrogens with zero attached hydrogens (tertiary/aromatic N) is 2. The molecule has 136 valence electrons. The van der Waals surface area contributed by atoms with Crippen LogP contribution in [-0.2, 0) is 4.79 Å². The number of aromatic nitrogens is 1. The van der Waals surface area contributed by atoms with E-state index in [4.69, 9.17) is 4.98 Å². The van der Waals surface area contributed by atoms with Crippen LogP contribution < -0.4 is 5.32 Å². The lowest BCUT2D eigenvalue weighted by atomic mass is 9.78. The van der Waals surface area contributed by atoms with Crippen molar-refractivity contribution >= 4 is 27.5 Å². The van der Waals surface area contributed by atoms with Gasteiger partial charge in [0.15, 0.2) is 0 Å². The fraction of sp³-hybridized carbons (Fsp3) is 0.600. The van der Waals surface area contributed by atoms with E-state index in [0.29, 0.717) is 24.4 Å². The fourth-order valence-electron chi connectivity index (χ4n) is 3.66. The summed E-state index contributed by atoms with van der Waals surface area (Å²) < 4.78 is 1.20. The Morgan fingerprint density at radius 3 is 2.88 bits per heavy atom. The van der Waals surface area contributed by atoms with Gasteiger partial charge >= 0.3 is 0 Å². The van der Waals surface area contributed by atoms with Crippen LogP contribution in [0.5, 0.6) is 0 Å². The van der Waals surface area contributed by atoms with Crippen LogP contribution in [0.15, 0.2) is 24.3 Å². The predicted molar refractivity (Wildman–Crippen MR) is 105 cm³/mol. The van der Waals surface area contributed by atoms with Gasteiger partial charge in [-0.05, 0) is 44.4 Å². The minimum absolute atomic E-state index is 0.126. The molecule has 1 saturated carbocycles. The highest BCUT2D eigenvalue weighted by Crippen LogP contribution is 2.30. The second-order valence-electron chi connectivity index (χ2n) is 7.55. The first kappa shape index (κ1) is 18.3. The van der Waals surface area contributed by atoms with Crippen molar-refractivity contribution in [2.75, 3.05) is 13.6 Å². The van der Waals surface area contributed by atoms with Gasteiger partial charge in [0.2, 0.25) is 5.91 Å². The molecular formula is C20H29N3OS. The Balaban J connectivity index is 1.58. The number of nitrogens with one attached hydrogen (secondary N) is 1. The second kappa shape index (κ2) is 7.83. The number of rotatable bonds is 5. The maximum atomic E-state index is 12.5. The average molecular weight is 360 g/mol. The van der Waals surface area contributed by atoms with E-state index in [1.54, 1.807) is 11.3 Å². The Kier molecular flexibility index (Phi) is 5.74. The van der Waals surface area contributed by atoms with Crippen molar-refractivity contribution in [3.05, 3.63) is 29.3 Å². The monoisotopic (exact) mass is 359 g/mol. The zero-order chi connectivity index (χ0) is 18.0. The highest BCUT2D eigenvalue weighted by Gasteiger charge is 2.28. The number of fused-ring (bicyclic) bond motifs is 1. The third kappa shape index (κ3) is 4.21. The Morgan fingerprint density at radius 1 is 1.36 bits per heavy atom. The molecule has 1 aromatic heterocycles. The van der Waals surface area contributed by atoms with E-state index >= 15 is 0 Å². The van der Waals surface area contributed by atoms with Gasteiger partial charge in [0, 0.05) is 6.04 Å². The molecule has 0 saturated heterocycles. The van der Waals surface area contributed by atoms with Gasteiger partial charge in [-0.1, -0.05) is 38.8 Å². The van der Waals surface area contributed by atoms with Crippen LogP contribution >= 0.6 is 11.3 Å². The van der Waals surface area contributed by atoms with Crippen molar-refractivity contribution in [1.82, 2.24) is 15.2 Å². The maximum Gasteiger partial charge on any atom is 0.234 e. The van der Waals surface area contributed by atoms with Crippen molar-refractivity contribution in [1.29, 1.82) is 0 Å². The number of likely N-dealkylation sites (N-methyl/N-ethyl adjacent to an activating group) is 1. The van der Waals surface area contributed by atoms with E-state index in [1.807, 2.05) is 25.2 Å². The summed E-state index contributed by atoms with van der Waals surface area (Å²) in [5, 5.41) is 4.33. The molecular weight excluding hydrogens is 330 g/mol. The molecule has 2 aromatic rings. The number of carbonyl (C=O) groups excluding carboxylic acids is 1. The standard InChI is InChI=1S/C20H29N3OS/c1-13-8-7-10-16(14(13)2)21-19(24)12-23(4)15(3)20-22-17-9-5-6-11-18(17)25-20/h5-6,9,11,13-16H,7-8,10,12H2,1-4H3,(H,21,24)/t13-,14-,15+,16+/m1/s1. The van der Waals surface area contributed by atoms with Gasteiger partial charge < -0.3 is 5.32 Å². The predicted octanol–water partition coefficient (Wildman–Crippen LogP) is 4.23. The van der Waals surface area contributed by atoms with Crippen molar-refractivity contribution < 1.29 is 4.79 Å². The SMILES string of the molecule is C[C@@H]1[C@H](C)CCC[C@@H]1NC(=O)CN(C)[C@@H](C)c1nc2ccccc2s1. The highest BCUT2D eigenvalue weighted by atomic mass is 32.1. The second-order valence-corrected chi connectivity index (χ2v) is 8.61. The summed E-state index contributed by atoms with van der Waals surface area (Å²) in [6.07, 6.45) is 3.60. The first-order valence-electron chi connectivity index (χ1n) is 9.30. The van der Waals surface area contributed by atoms with Crippen molar-refractivity contribution in [3.8, 4) is 0 Å². The summed E-state index contributed by atoms with van der Waals surface area (Å²) in [5.74, 6) is 1.38. The van der Waals surface area contributed by atoms with Gasteiger partial charge in [-0.3, -0.25) is 9.69 Å². The highest BCUT2D eigenvalue weighted by molar-refractivity contribution is 7.18. The van der Waals surface area contributed by atoms with Crippen LogP contribution in [0.25, 0.3) is 10.2 Å².